The Labute approximate surface area is 106 Å². The van der Waals surface area contributed by atoms with Crippen LogP contribution in [-0.4, -0.2) is 41.1 Å². The lowest BCUT2D eigenvalue weighted by atomic mass is 10.2. The number of rotatable bonds is 5. The highest BCUT2D eigenvalue weighted by Gasteiger charge is 2.13. The summed E-state index contributed by atoms with van der Waals surface area (Å²) < 4.78 is 40.4. The maximum Gasteiger partial charge on any atom is 0.167 e. The van der Waals surface area contributed by atoms with E-state index in [0.29, 0.717) is 5.69 Å². The molecule has 0 fully saturated rings. The molecule has 0 spiro atoms. The molecule has 18 heavy (non-hydrogen) atoms. The average molecular weight is 276 g/mol. The maximum atomic E-state index is 13.3. The summed E-state index contributed by atoms with van der Waals surface area (Å²) in [4.78, 5) is 1.65. The van der Waals surface area contributed by atoms with Crippen molar-refractivity contribution in [1.82, 2.24) is 0 Å². The van der Waals surface area contributed by atoms with Gasteiger partial charge in [-0.2, -0.15) is 0 Å². The molecule has 2 N–H and O–H groups in total. The second-order valence-corrected chi connectivity index (χ2v) is 6.36. The van der Waals surface area contributed by atoms with Crippen molar-refractivity contribution in [1.29, 1.82) is 0 Å². The fraction of sp³-hybridized carbons (Fsp3) is 0.455. The molecule has 0 amide bonds. The summed E-state index contributed by atoms with van der Waals surface area (Å²) in [5.41, 5.74) is 6.48. The van der Waals surface area contributed by atoms with E-state index >= 15 is 0 Å². The molecule has 7 heteroatoms. The highest BCUT2D eigenvalue weighted by Crippen LogP contribution is 2.30. The molecule has 0 aliphatic carbocycles. The summed E-state index contributed by atoms with van der Waals surface area (Å²) in [6, 6.07) is 2.61. The molecule has 5 nitrogen and oxygen atoms in total. The zero-order valence-corrected chi connectivity index (χ0v) is 11.4. The number of ether oxygens (including phenoxy) is 1. The summed E-state index contributed by atoms with van der Waals surface area (Å²) in [7, 11) is -0.00695. The lowest BCUT2D eigenvalue weighted by Crippen LogP contribution is -2.25. The minimum Gasteiger partial charge on any atom is -0.494 e. The van der Waals surface area contributed by atoms with Gasteiger partial charge in [0.05, 0.1) is 24.2 Å². The van der Waals surface area contributed by atoms with Crippen molar-refractivity contribution < 1.29 is 17.5 Å². The molecule has 0 aromatic heterocycles. The molecule has 1 aromatic carbocycles. The van der Waals surface area contributed by atoms with E-state index in [2.05, 4.69) is 0 Å². The van der Waals surface area contributed by atoms with E-state index in [1.54, 1.807) is 11.9 Å². The van der Waals surface area contributed by atoms with Crippen molar-refractivity contribution in [3.05, 3.63) is 17.9 Å². The molecule has 0 bridgehead atoms. The molecule has 102 valence electrons. The van der Waals surface area contributed by atoms with Gasteiger partial charge in [-0.15, -0.1) is 0 Å². The summed E-state index contributed by atoms with van der Waals surface area (Å²) in [6.45, 7) is 0.276. The SMILES string of the molecule is COc1cc(N(C)CCS(C)(=O)=O)c(N)cc1F. The Kier molecular flexibility index (Phi) is 4.39. The number of hydrogen-bond donors (Lipinski definition) is 1. The number of nitrogen functional groups attached to an aromatic ring is 1. The number of benzene rings is 1. The number of methoxy groups -OCH3 is 1. The van der Waals surface area contributed by atoms with Crippen molar-refractivity contribution >= 4 is 21.2 Å². The number of hydrogen-bond acceptors (Lipinski definition) is 5. The minimum atomic E-state index is -3.05. The van der Waals surface area contributed by atoms with Crippen molar-refractivity contribution in [2.24, 2.45) is 0 Å². The number of nitrogens with two attached hydrogens (primary N) is 1. The van der Waals surface area contributed by atoms with Gasteiger partial charge in [-0.3, -0.25) is 0 Å². The highest BCUT2D eigenvalue weighted by molar-refractivity contribution is 7.90. The summed E-state index contributed by atoms with van der Waals surface area (Å²) in [5.74, 6) is -0.469. The fourth-order valence-corrected chi connectivity index (χ4v) is 2.07. The van der Waals surface area contributed by atoms with Gasteiger partial charge in [-0.25, -0.2) is 12.8 Å². The number of nitrogens with zero attached hydrogens (tertiary/aromatic N) is 1. The number of sulfone groups is 1. The molecule has 0 saturated heterocycles. The first-order chi connectivity index (χ1) is 8.24. The van der Waals surface area contributed by atoms with Crippen LogP contribution in [-0.2, 0) is 9.84 Å². The van der Waals surface area contributed by atoms with Gasteiger partial charge in [0.2, 0.25) is 0 Å². The largest absolute Gasteiger partial charge is 0.494 e. The van der Waals surface area contributed by atoms with Gasteiger partial charge in [-0.1, -0.05) is 0 Å². The van der Waals surface area contributed by atoms with Crippen molar-refractivity contribution in [2.75, 3.05) is 43.3 Å². The second kappa shape index (κ2) is 5.43. The predicted molar refractivity (Wildman–Crippen MR) is 70.3 cm³/mol. The van der Waals surface area contributed by atoms with E-state index in [4.69, 9.17) is 10.5 Å². The van der Waals surface area contributed by atoms with Crippen LogP contribution < -0.4 is 15.4 Å². The molecule has 0 atom stereocenters. The third kappa shape index (κ3) is 3.76. The topological polar surface area (TPSA) is 72.6 Å². The normalized spacial score (nSPS) is 11.3. The molecule has 0 aliphatic heterocycles. The molecule has 0 heterocycles. The molecular formula is C11H17FN2O3S. The van der Waals surface area contributed by atoms with Crippen molar-refractivity contribution in [3.63, 3.8) is 0 Å². The Hall–Kier alpha value is -1.50. The number of halogens is 1. The first kappa shape index (κ1) is 14.6. The van der Waals surface area contributed by atoms with Gasteiger partial charge >= 0.3 is 0 Å². The minimum absolute atomic E-state index is 0.00261. The molecular weight excluding hydrogens is 259 g/mol. The third-order valence-electron chi connectivity index (χ3n) is 2.51. The molecule has 0 radical (unpaired) electrons. The van der Waals surface area contributed by atoms with Crippen LogP contribution in [0.5, 0.6) is 5.75 Å². The van der Waals surface area contributed by atoms with Crippen molar-refractivity contribution in [3.8, 4) is 5.75 Å². The zero-order chi connectivity index (χ0) is 13.9. The third-order valence-corrected chi connectivity index (χ3v) is 3.43. The summed E-state index contributed by atoms with van der Waals surface area (Å²) in [5, 5.41) is 0. The van der Waals surface area contributed by atoms with E-state index in [1.165, 1.54) is 13.2 Å². The van der Waals surface area contributed by atoms with E-state index in [-0.39, 0.29) is 23.7 Å². The smallest absolute Gasteiger partial charge is 0.167 e. The molecule has 0 saturated carbocycles. The quantitative estimate of drug-likeness (QED) is 0.809. The Morgan fingerprint density at radius 1 is 1.44 bits per heavy atom. The van der Waals surface area contributed by atoms with Crippen LogP contribution in [0.3, 0.4) is 0 Å². The van der Waals surface area contributed by atoms with E-state index in [1.807, 2.05) is 0 Å². The van der Waals surface area contributed by atoms with Crippen LogP contribution in [0.1, 0.15) is 0 Å². The maximum absolute atomic E-state index is 13.3. The molecule has 1 aromatic rings. The van der Waals surface area contributed by atoms with E-state index in [9.17, 15) is 12.8 Å². The van der Waals surface area contributed by atoms with E-state index in [0.717, 1.165) is 12.3 Å². The highest BCUT2D eigenvalue weighted by atomic mass is 32.2. The Balaban J connectivity index is 2.95. The van der Waals surface area contributed by atoms with Gasteiger partial charge in [0, 0.05) is 32.0 Å². The van der Waals surface area contributed by atoms with Gasteiger partial charge in [-0.05, 0) is 0 Å². The standard InChI is InChI=1S/C11H17FN2O3S/c1-14(4-5-18(3,15)16)10-7-11(17-2)8(12)6-9(10)13/h6-7H,4-5,13H2,1-3H3. The van der Waals surface area contributed by atoms with Crippen LogP contribution in [0.2, 0.25) is 0 Å². The fourth-order valence-electron chi connectivity index (χ4n) is 1.47. The lowest BCUT2D eigenvalue weighted by molar-refractivity contribution is 0.387. The van der Waals surface area contributed by atoms with E-state index < -0.39 is 15.7 Å². The van der Waals surface area contributed by atoms with Crippen LogP contribution in [0.15, 0.2) is 12.1 Å². The summed E-state index contributed by atoms with van der Waals surface area (Å²) >= 11 is 0. The van der Waals surface area contributed by atoms with Crippen LogP contribution in [0.25, 0.3) is 0 Å². The van der Waals surface area contributed by atoms with Crippen LogP contribution >= 0.6 is 0 Å². The first-order valence-corrected chi connectivity index (χ1v) is 7.32. The van der Waals surface area contributed by atoms with Crippen LogP contribution in [0.4, 0.5) is 15.8 Å². The second-order valence-electron chi connectivity index (χ2n) is 4.10. The van der Waals surface area contributed by atoms with Gasteiger partial charge in [0.15, 0.2) is 11.6 Å². The Morgan fingerprint density at radius 3 is 2.56 bits per heavy atom. The number of anilines is 2. The average Bonchev–Trinajstić information content (AvgIpc) is 2.25. The lowest BCUT2D eigenvalue weighted by Gasteiger charge is -2.21. The van der Waals surface area contributed by atoms with Gasteiger partial charge < -0.3 is 15.4 Å². The summed E-state index contributed by atoms with van der Waals surface area (Å²) in [6.07, 6.45) is 1.16. The zero-order valence-electron chi connectivity index (χ0n) is 10.6. The van der Waals surface area contributed by atoms with Gasteiger partial charge in [0.1, 0.15) is 9.84 Å². The predicted octanol–water partition coefficient (Wildman–Crippen LogP) is 0.897. The monoisotopic (exact) mass is 276 g/mol. The molecule has 0 aliphatic rings. The first-order valence-electron chi connectivity index (χ1n) is 5.26. The molecule has 1 rings (SSSR count). The molecule has 0 unspecified atom stereocenters. The van der Waals surface area contributed by atoms with Crippen LogP contribution in [0, 0.1) is 5.82 Å². The van der Waals surface area contributed by atoms with Crippen molar-refractivity contribution in [2.45, 2.75) is 0 Å². The Morgan fingerprint density at radius 2 is 2.06 bits per heavy atom. The Bertz CT molecular complexity index is 531. The van der Waals surface area contributed by atoms with Gasteiger partial charge in [0.25, 0.3) is 0 Å².